The van der Waals surface area contributed by atoms with Crippen molar-refractivity contribution in [3.63, 3.8) is 0 Å². The average molecular weight is 423 g/mol. The van der Waals surface area contributed by atoms with Crippen molar-refractivity contribution in [2.45, 2.75) is 31.2 Å². The first-order valence-corrected chi connectivity index (χ1v) is 11.0. The second-order valence-electron chi connectivity index (χ2n) is 6.52. The highest BCUT2D eigenvalue weighted by Gasteiger charge is 2.29. The predicted octanol–water partition coefficient (Wildman–Crippen LogP) is 4.17. The summed E-state index contributed by atoms with van der Waals surface area (Å²) < 4.78 is 17.9. The van der Waals surface area contributed by atoms with Crippen molar-refractivity contribution >= 4 is 40.0 Å². The van der Waals surface area contributed by atoms with Crippen molar-refractivity contribution in [1.82, 2.24) is 4.90 Å². The maximum atomic E-state index is 13.0. The molecule has 5 nitrogen and oxygen atoms in total. The molecular formula is C20H23FN2O3S2. The van der Waals surface area contributed by atoms with Crippen molar-refractivity contribution in [2.24, 2.45) is 0 Å². The molecule has 0 fully saturated rings. The fraction of sp³-hybridized carbons (Fsp3) is 0.400. The average Bonchev–Trinajstić information content (AvgIpc) is 3.04. The van der Waals surface area contributed by atoms with Gasteiger partial charge in [-0.05, 0) is 49.2 Å². The number of nitrogens with zero attached hydrogens (tertiary/aromatic N) is 1. The Bertz CT molecular complexity index is 852. The number of ether oxygens (including phenoxy) is 1. The van der Waals surface area contributed by atoms with Gasteiger partial charge in [-0.1, -0.05) is 6.92 Å². The molecule has 0 bridgehead atoms. The molecule has 0 saturated carbocycles. The molecular weight excluding hydrogens is 399 g/mol. The number of rotatable bonds is 7. The van der Waals surface area contributed by atoms with E-state index in [0.29, 0.717) is 10.6 Å². The first-order valence-electron chi connectivity index (χ1n) is 9.15. The van der Waals surface area contributed by atoms with Gasteiger partial charge in [0.25, 0.3) is 0 Å². The Morgan fingerprint density at radius 1 is 1.32 bits per heavy atom. The van der Waals surface area contributed by atoms with Crippen molar-refractivity contribution < 1.29 is 18.7 Å². The molecule has 2 aromatic rings. The van der Waals surface area contributed by atoms with Crippen LogP contribution < -0.4 is 5.32 Å². The Morgan fingerprint density at radius 2 is 2.07 bits per heavy atom. The first-order chi connectivity index (χ1) is 13.5. The Hall–Kier alpha value is -1.90. The topological polar surface area (TPSA) is 58.6 Å². The maximum Gasteiger partial charge on any atom is 0.341 e. The van der Waals surface area contributed by atoms with E-state index in [1.54, 1.807) is 12.1 Å². The van der Waals surface area contributed by atoms with E-state index >= 15 is 0 Å². The number of nitrogens with one attached hydrogen (secondary N) is 1. The summed E-state index contributed by atoms with van der Waals surface area (Å²) in [5, 5.41) is 3.43. The number of hydrogen-bond acceptors (Lipinski definition) is 6. The number of hydrogen-bond donors (Lipinski definition) is 1. The van der Waals surface area contributed by atoms with Crippen LogP contribution >= 0.6 is 23.1 Å². The Morgan fingerprint density at radius 3 is 2.75 bits per heavy atom. The summed E-state index contributed by atoms with van der Waals surface area (Å²) in [5.41, 5.74) is 1.48. The molecule has 0 atom stereocenters. The summed E-state index contributed by atoms with van der Waals surface area (Å²) in [5.74, 6) is -0.749. The minimum Gasteiger partial charge on any atom is -0.465 e. The number of thioether (sulfide) groups is 1. The lowest BCUT2D eigenvalue weighted by Crippen LogP contribution is -2.30. The van der Waals surface area contributed by atoms with Crippen LogP contribution in [0.5, 0.6) is 0 Å². The van der Waals surface area contributed by atoms with Gasteiger partial charge in [-0.3, -0.25) is 9.69 Å². The van der Waals surface area contributed by atoms with Gasteiger partial charge in [-0.15, -0.1) is 23.1 Å². The lowest BCUT2D eigenvalue weighted by atomic mass is 10.0. The summed E-state index contributed by atoms with van der Waals surface area (Å²) in [6.07, 6.45) is 1.85. The van der Waals surface area contributed by atoms with Crippen molar-refractivity contribution in [3.8, 4) is 0 Å². The highest BCUT2D eigenvalue weighted by atomic mass is 32.2. The number of fused-ring (bicyclic) bond motifs is 1. The zero-order valence-electron chi connectivity index (χ0n) is 15.9. The molecule has 8 heteroatoms. The lowest BCUT2D eigenvalue weighted by Gasteiger charge is -2.26. The van der Waals surface area contributed by atoms with Gasteiger partial charge >= 0.3 is 5.97 Å². The number of halogens is 1. The summed E-state index contributed by atoms with van der Waals surface area (Å²) in [6.45, 7) is 4.85. The number of benzene rings is 1. The molecule has 0 radical (unpaired) electrons. The summed E-state index contributed by atoms with van der Waals surface area (Å²) in [4.78, 5) is 29.1. The highest BCUT2D eigenvalue weighted by molar-refractivity contribution is 8.00. The second-order valence-corrected chi connectivity index (χ2v) is 8.67. The molecule has 1 aliphatic rings. The van der Waals surface area contributed by atoms with Crippen molar-refractivity contribution in [3.05, 3.63) is 46.1 Å². The van der Waals surface area contributed by atoms with Gasteiger partial charge < -0.3 is 10.1 Å². The molecule has 0 spiro atoms. The number of carbonyl (C=O) groups is 2. The van der Waals surface area contributed by atoms with Crippen LogP contribution in [0.4, 0.5) is 9.39 Å². The SMILES string of the molecule is CCCN1CCc2c(sc(NC(=O)CSc3ccc(F)cc3)c2C(=O)OC)C1. The maximum absolute atomic E-state index is 13.0. The standard InChI is InChI=1S/C20H23FN2O3S2/c1-3-9-23-10-8-15-16(11-23)28-19(18(15)20(25)26-2)22-17(24)12-27-14-6-4-13(21)5-7-14/h4-7H,3,8-12H2,1-2H3,(H,22,24). The summed E-state index contributed by atoms with van der Waals surface area (Å²) in [6, 6.07) is 6.01. The van der Waals surface area contributed by atoms with E-state index < -0.39 is 5.97 Å². The number of carbonyl (C=O) groups excluding carboxylic acids is 2. The van der Waals surface area contributed by atoms with E-state index in [9.17, 15) is 14.0 Å². The monoisotopic (exact) mass is 422 g/mol. The summed E-state index contributed by atoms with van der Waals surface area (Å²) in [7, 11) is 1.36. The van der Waals surface area contributed by atoms with Crippen LogP contribution in [0.2, 0.25) is 0 Å². The molecule has 1 N–H and O–H groups in total. The summed E-state index contributed by atoms with van der Waals surface area (Å²) >= 11 is 2.77. The predicted molar refractivity (Wildman–Crippen MR) is 111 cm³/mol. The van der Waals surface area contributed by atoms with Crippen LogP contribution in [0, 0.1) is 5.82 Å². The third-order valence-electron chi connectivity index (χ3n) is 4.50. The highest BCUT2D eigenvalue weighted by Crippen LogP contribution is 2.37. The fourth-order valence-electron chi connectivity index (χ4n) is 3.21. The normalized spacial score (nSPS) is 13.8. The Kier molecular flexibility index (Phi) is 7.09. The van der Waals surface area contributed by atoms with Crippen LogP contribution in [0.25, 0.3) is 0 Å². The first kappa shape index (κ1) is 20.8. The third kappa shape index (κ3) is 4.92. The number of methoxy groups -OCH3 is 1. The molecule has 3 rings (SSSR count). The van der Waals surface area contributed by atoms with E-state index in [0.717, 1.165) is 47.8 Å². The van der Waals surface area contributed by atoms with Gasteiger partial charge in [0.1, 0.15) is 10.8 Å². The van der Waals surface area contributed by atoms with E-state index in [-0.39, 0.29) is 17.5 Å². The third-order valence-corrected chi connectivity index (χ3v) is 6.65. The molecule has 1 aromatic carbocycles. The van der Waals surface area contributed by atoms with Gasteiger partial charge in [0.2, 0.25) is 5.91 Å². The largest absolute Gasteiger partial charge is 0.465 e. The van der Waals surface area contributed by atoms with Crippen molar-refractivity contribution in [2.75, 3.05) is 31.3 Å². The Balaban J connectivity index is 1.72. The fourth-order valence-corrected chi connectivity index (χ4v) is 5.20. The van der Waals surface area contributed by atoms with Gasteiger partial charge in [-0.25, -0.2) is 9.18 Å². The van der Waals surface area contributed by atoms with Crippen LogP contribution in [0.3, 0.4) is 0 Å². The van der Waals surface area contributed by atoms with Gasteiger partial charge in [-0.2, -0.15) is 0 Å². The van der Waals surface area contributed by atoms with E-state index in [4.69, 9.17) is 4.74 Å². The number of esters is 1. The molecule has 1 aromatic heterocycles. The van der Waals surface area contributed by atoms with E-state index in [1.165, 1.54) is 42.3 Å². The second kappa shape index (κ2) is 9.54. The van der Waals surface area contributed by atoms with E-state index in [2.05, 4.69) is 17.1 Å². The molecule has 28 heavy (non-hydrogen) atoms. The van der Waals surface area contributed by atoms with Gasteiger partial charge in [0.05, 0.1) is 18.4 Å². The van der Waals surface area contributed by atoms with Crippen LogP contribution in [0.15, 0.2) is 29.2 Å². The smallest absolute Gasteiger partial charge is 0.341 e. The molecule has 150 valence electrons. The Labute approximate surface area is 172 Å². The van der Waals surface area contributed by atoms with Gasteiger partial charge in [0, 0.05) is 22.9 Å². The van der Waals surface area contributed by atoms with Crippen LogP contribution in [0.1, 0.15) is 34.1 Å². The number of anilines is 1. The zero-order valence-corrected chi connectivity index (χ0v) is 17.6. The zero-order chi connectivity index (χ0) is 20.1. The van der Waals surface area contributed by atoms with E-state index in [1.807, 2.05) is 0 Å². The van der Waals surface area contributed by atoms with Crippen LogP contribution in [-0.2, 0) is 22.5 Å². The molecule has 0 aliphatic carbocycles. The number of thiophene rings is 1. The molecule has 0 unspecified atom stereocenters. The van der Waals surface area contributed by atoms with Gasteiger partial charge in [0.15, 0.2) is 0 Å². The minimum atomic E-state index is -0.414. The van der Waals surface area contributed by atoms with Crippen molar-refractivity contribution in [1.29, 1.82) is 0 Å². The minimum absolute atomic E-state index is 0.177. The molecule has 1 amide bonds. The molecule has 1 aliphatic heterocycles. The number of amides is 1. The quantitative estimate of drug-likeness (QED) is 0.536. The molecule has 2 heterocycles. The van der Waals surface area contributed by atoms with Crippen LogP contribution in [-0.4, -0.2) is 42.7 Å². The lowest BCUT2D eigenvalue weighted by molar-refractivity contribution is -0.113. The molecule has 0 saturated heterocycles.